The summed E-state index contributed by atoms with van der Waals surface area (Å²) in [6.45, 7) is 7.08. The molecule has 1 heterocycles. The molecule has 0 unspecified atom stereocenters. The third kappa shape index (κ3) is 4.59. The zero-order chi connectivity index (χ0) is 17.5. The van der Waals surface area contributed by atoms with Gasteiger partial charge >= 0.3 is 0 Å². The molecule has 2 aromatic rings. The molecule has 1 aromatic carbocycles. The number of nitrogens with one attached hydrogen (secondary N) is 1. The minimum absolute atomic E-state index is 0.00837. The molecule has 1 N–H and O–H groups in total. The van der Waals surface area contributed by atoms with Gasteiger partial charge in [-0.3, -0.25) is 9.59 Å². The lowest BCUT2D eigenvalue weighted by atomic mass is 10.1. The van der Waals surface area contributed by atoms with Gasteiger partial charge in [0.1, 0.15) is 11.5 Å². The molecule has 24 heavy (non-hydrogen) atoms. The van der Waals surface area contributed by atoms with E-state index in [-0.39, 0.29) is 11.8 Å². The van der Waals surface area contributed by atoms with Crippen molar-refractivity contribution in [3.8, 4) is 0 Å². The van der Waals surface area contributed by atoms with E-state index in [2.05, 4.69) is 5.32 Å². The number of amides is 2. The van der Waals surface area contributed by atoms with Gasteiger partial charge in [-0.05, 0) is 63.2 Å². The highest BCUT2D eigenvalue weighted by molar-refractivity contribution is 6.02. The fourth-order valence-electron chi connectivity index (χ4n) is 2.27. The smallest absolute Gasteiger partial charge is 0.253 e. The van der Waals surface area contributed by atoms with Crippen LogP contribution in [-0.4, -0.2) is 29.8 Å². The van der Waals surface area contributed by atoms with Gasteiger partial charge in [0, 0.05) is 30.4 Å². The fourth-order valence-corrected chi connectivity index (χ4v) is 2.27. The second-order valence-electron chi connectivity index (χ2n) is 5.33. The first-order chi connectivity index (χ1) is 11.5. The van der Waals surface area contributed by atoms with Gasteiger partial charge in [0.15, 0.2) is 0 Å². The van der Waals surface area contributed by atoms with E-state index < -0.39 is 0 Å². The Morgan fingerprint density at radius 1 is 1.08 bits per heavy atom. The third-order valence-electron chi connectivity index (χ3n) is 3.61. The van der Waals surface area contributed by atoms with Crippen LogP contribution in [0.3, 0.4) is 0 Å². The molecule has 0 atom stereocenters. The van der Waals surface area contributed by atoms with Crippen molar-refractivity contribution in [1.29, 1.82) is 0 Å². The maximum absolute atomic E-state index is 12.2. The van der Waals surface area contributed by atoms with Crippen LogP contribution in [0.5, 0.6) is 0 Å². The van der Waals surface area contributed by atoms with Crippen molar-refractivity contribution in [2.75, 3.05) is 18.4 Å². The van der Waals surface area contributed by atoms with E-state index in [1.54, 1.807) is 41.3 Å². The van der Waals surface area contributed by atoms with Crippen molar-refractivity contribution in [3.63, 3.8) is 0 Å². The maximum Gasteiger partial charge on any atom is 0.253 e. The Morgan fingerprint density at radius 3 is 2.29 bits per heavy atom. The van der Waals surface area contributed by atoms with Crippen LogP contribution in [0, 0.1) is 6.92 Å². The molecule has 2 rings (SSSR count). The Labute approximate surface area is 142 Å². The normalized spacial score (nSPS) is 10.8. The average Bonchev–Trinajstić information content (AvgIpc) is 3.00. The monoisotopic (exact) mass is 326 g/mol. The van der Waals surface area contributed by atoms with Crippen LogP contribution in [0.1, 0.15) is 35.7 Å². The lowest BCUT2D eigenvalue weighted by Crippen LogP contribution is -2.30. The molecular formula is C19H22N2O3. The summed E-state index contributed by atoms with van der Waals surface area (Å²) in [5.74, 6) is 1.16. The van der Waals surface area contributed by atoms with Gasteiger partial charge in [-0.2, -0.15) is 0 Å². The van der Waals surface area contributed by atoms with E-state index in [1.807, 2.05) is 26.8 Å². The summed E-state index contributed by atoms with van der Waals surface area (Å²) in [7, 11) is 0. The van der Waals surface area contributed by atoms with Gasteiger partial charge in [-0.15, -0.1) is 0 Å². The van der Waals surface area contributed by atoms with Crippen molar-refractivity contribution in [2.45, 2.75) is 20.8 Å². The van der Waals surface area contributed by atoms with Crippen LogP contribution in [-0.2, 0) is 4.79 Å². The minimum Gasteiger partial charge on any atom is -0.462 e. The molecule has 0 aliphatic heterocycles. The standard InChI is InChI=1S/C19H22N2O3/c1-4-21(5-2)19(23)15-7-9-16(10-8-15)20-18(22)13-12-17-11-6-14(3)24-17/h6-13H,4-5H2,1-3H3,(H,20,22)/b13-12+. The molecule has 0 saturated heterocycles. The largest absolute Gasteiger partial charge is 0.462 e. The zero-order valence-corrected chi connectivity index (χ0v) is 14.2. The summed E-state index contributed by atoms with van der Waals surface area (Å²) in [4.78, 5) is 25.9. The molecule has 5 heteroatoms. The summed E-state index contributed by atoms with van der Waals surface area (Å²) < 4.78 is 5.36. The number of carbonyl (C=O) groups excluding carboxylic acids is 2. The van der Waals surface area contributed by atoms with Gasteiger partial charge in [-0.25, -0.2) is 0 Å². The maximum atomic E-state index is 12.2. The molecule has 0 bridgehead atoms. The molecule has 5 nitrogen and oxygen atoms in total. The lowest BCUT2D eigenvalue weighted by molar-refractivity contribution is -0.111. The molecule has 0 fully saturated rings. The predicted molar refractivity (Wildman–Crippen MR) is 94.8 cm³/mol. The zero-order valence-electron chi connectivity index (χ0n) is 14.2. The van der Waals surface area contributed by atoms with Crippen molar-refractivity contribution in [3.05, 3.63) is 59.6 Å². The van der Waals surface area contributed by atoms with Gasteiger partial charge in [0.25, 0.3) is 5.91 Å². The number of carbonyl (C=O) groups is 2. The number of aryl methyl sites for hydroxylation is 1. The summed E-state index contributed by atoms with van der Waals surface area (Å²) in [6, 6.07) is 10.5. The lowest BCUT2D eigenvalue weighted by Gasteiger charge is -2.18. The highest BCUT2D eigenvalue weighted by Crippen LogP contribution is 2.12. The van der Waals surface area contributed by atoms with E-state index in [0.29, 0.717) is 30.1 Å². The number of nitrogens with zero attached hydrogens (tertiary/aromatic N) is 1. The van der Waals surface area contributed by atoms with E-state index in [4.69, 9.17) is 4.42 Å². The Balaban J connectivity index is 1.97. The Morgan fingerprint density at radius 2 is 1.75 bits per heavy atom. The van der Waals surface area contributed by atoms with Crippen LogP contribution in [0.15, 0.2) is 46.9 Å². The molecular weight excluding hydrogens is 304 g/mol. The highest BCUT2D eigenvalue weighted by atomic mass is 16.3. The second kappa shape index (κ2) is 8.15. The van der Waals surface area contributed by atoms with E-state index in [0.717, 1.165) is 5.76 Å². The van der Waals surface area contributed by atoms with E-state index in [9.17, 15) is 9.59 Å². The van der Waals surface area contributed by atoms with Crippen molar-refractivity contribution >= 4 is 23.6 Å². The van der Waals surface area contributed by atoms with Gasteiger partial charge in [-0.1, -0.05) is 0 Å². The molecule has 126 valence electrons. The summed E-state index contributed by atoms with van der Waals surface area (Å²) in [5, 5.41) is 2.75. The highest BCUT2D eigenvalue weighted by Gasteiger charge is 2.12. The molecule has 0 spiro atoms. The second-order valence-corrected chi connectivity index (χ2v) is 5.33. The van der Waals surface area contributed by atoms with E-state index in [1.165, 1.54) is 6.08 Å². The molecule has 0 aliphatic carbocycles. The minimum atomic E-state index is -0.258. The van der Waals surface area contributed by atoms with Crippen molar-refractivity contribution in [1.82, 2.24) is 4.90 Å². The number of hydrogen-bond donors (Lipinski definition) is 1. The Kier molecular flexibility index (Phi) is 5.95. The summed E-state index contributed by atoms with van der Waals surface area (Å²) in [6.07, 6.45) is 3.02. The number of benzene rings is 1. The molecule has 0 radical (unpaired) electrons. The third-order valence-corrected chi connectivity index (χ3v) is 3.61. The topological polar surface area (TPSA) is 62.6 Å². The molecule has 1 aromatic heterocycles. The van der Waals surface area contributed by atoms with Crippen LogP contribution in [0.2, 0.25) is 0 Å². The van der Waals surface area contributed by atoms with Crippen molar-refractivity contribution < 1.29 is 14.0 Å². The van der Waals surface area contributed by atoms with Gasteiger partial charge in [0.2, 0.25) is 5.91 Å². The Bertz CT molecular complexity index is 725. The summed E-state index contributed by atoms with van der Waals surface area (Å²) in [5.41, 5.74) is 1.25. The molecule has 0 aliphatic rings. The SMILES string of the molecule is CCN(CC)C(=O)c1ccc(NC(=O)/C=C/c2ccc(C)o2)cc1. The van der Waals surface area contributed by atoms with Crippen LogP contribution < -0.4 is 5.32 Å². The number of rotatable bonds is 6. The van der Waals surface area contributed by atoms with Crippen LogP contribution in [0.25, 0.3) is 6.08 Å². The number of anilines is 1. The molecule has 0 saturated carbocycles. The van der Waals surface area contributed by atoms with Gasteiger partial charge < -0.3 is 14.6 Å². The first-order valence-electron chi connectivity index (χ1n) is 7.98. The quantitative estimate of drug-likeness (QED) is 0.823. The van der Waals surface area contributed by atoms with Crippen molar-refractivity contribution in [2.24, 2.45) is 0 Å². The molecule has 2 amide bonds. The predicted octanol–water partition coefficient (Wildman–Crippen LogP) is 3.72. The average molecular weight is 326 g/mol. The number of hydrogen-bond acceptors (Lipinski definition) is 3. The first kappa shape index (κ1) is 17.5. The fraction of sp³-hybridized carbons (Fsp3) is 0.263. The summed E-state index contributed by atoms with van der Waals surface area (Å²) >= 11 is 0. The Hall–Kier alpha value is -2.82. The van der Waals surface area contributed by atoms with E-state index >= 15 is 0 Å². The van der Waals surface area contributed by atoms with Crippen LogP contribution in [0.4, 0.5) is 5.69 Å². The van der Waals surface area contributed by atoms with Gasteiger partial charge in [0.05, 0.1) is 0 Å². The number of furan rings is 1. The first-order valence-corrected chi connectivity index (χ1v) is 7.98. The van der Waals surface area contributed by atoms with Crippen LogP contribution >= 0.6 is 0 Å².